The molecule has 3 nitrogen and oxygen atoms in total. The summed E-state index contributed by atoms with van der Waals surface area (Å²) in [4.78, 5) is 7.58. The number of benzene rings is 1. The maximum atomic E-state index is 13.2. The monoisotopic (exact) mass is 297 g/mol. The molecule has 2 aromatic rings. The zero-order valence-corrected chi connectivity index (χ0v) is 11.2. The van der Waals surface area contributed by atoms with Crippen LogP contribution >= 0.6 is 15.9 Å². The quantitative estimate of drug-likeness (QED) is 0.914. The first kappa shape index (κ1) is 12.3. The first-order valence-corrected chi connectivity index (χ1v) is 6.06. The van der Waals surface area contributed by atoms with Crippen LogP contribution < -0.4 is 5.32 Å². The van der Waals surface area contributed by atoms with Gasteiger partial charge >= 0.3 is 0 Å². The highest BCUT2D eigenvalue weighted by atomic mass is 79.9. The van der Waals surface area contributed by atoms with Gasteiger partial charge in [0.1, 0.15) is 21.9 Å². The van der Waals surface area contributed by atoms with Gasteiger partial charge in [0.2, 0.25) is 0 Å². The molecule has 1 heterocycles. The van der Waals surface area contributed by atoms with Crippen molar-refractivity contribution in [3.8, 4) is 11.3 Å². The summed E-state index contributed by atoms with van der Waals surface area (Å²) in [6.45, 7) is 2.41. The molecule has 1 aromatic carbocycles. The smallest absolute Gasteiger partial charge is 0.126 e. The van der Waals surface area contributed by atoms with Crippen molar-refractivity contribution < 1.29 is 4.39 Å². The van der Waals surface area contributed by atoms with Crippen LogP contribution in [0.25, 0.3) is 11.3 Å². The normalized spacial score (nSPS) is 10.8. The Morgan fingerprint density at radius 1 is 1.47 bits per heavy atom. The summed E-state index contributed by atoms with van der Waals surface area (Å²) in [6.07, 6.45) is 0. The zero-order valence-electron chi connectivity index (χ0n) is 9.64. The number of hydrogen-bond acceptors (Lipinski definition) is 2. The highest BCUT2D eigenvalue weighted by Gasteiger charge is 2.10. The molecule has 0 unspecified atom stereocenters. The van der Waals surface area contributed by atoms with E-state index >= 15 is 0 Å². The molecule has 0 aliphatic heterocycles. The van der Waals surface area contributed by atoms with Gasteiger partial charge in [-0.2, -0.15) is 0 Å². The van der Waals surface area contributed by atoms with Crippen LogP contribution in [0.2, 0.25) is 0 Å². The Hall–Kier alpha value is -1.20. The van der Waals surface area contributed by atoms with Crippen molar-refractivity contribution in [3.05, 3.63) is 40.0 Å². The summed E-state index contributed by atoms with van der Waals surface area (Å²) < 4.78 is 14.0. The van der Waals surface area contributed by atoms with Crippen LogP contribution in [0.4, 0.5) is 4.39 Å². The minimum Gasteiger partial charge on any atom is -0.335 e. The Morgan fingerprint density at radius 3 is 2.88 bits per heavy atom. The molecule has 2 N–H and O–H groups in total. The Balaban J connectivity index is 2.41. The largest absolute Gasteiger partial charge is 0.335 e. The molecule has 90 valence electrons. The first-order valence-electron chi connectivity index (χ1n) is 5.27. The van der Waals surface area contributed by atoms with E-state index in [1.54, 1.807) is 19.1 Å². The molecule has 0 amide bonds. The number of aromatic amines is 1. The minimum atomic E-state index is -0.198. The third-order valence-corrected chi connectivity index (χ3v) is 3.06. The Labute approximate surface area is 108 Å². The number of rotatable bonds is 3. The molecule has 0 aliphatic rings. The van der Waals surface area contributed by atoms with E-state index in [0.717, 1.165) is 21.7 Å². The number of imidazole rings is 1. The number of aryl methyl sites for hydroxylation is 1. The van der Waals surface area contributed by atoms with Crippen molar-refractivity contribution in [2.75, 3.05) is 7.05 Å². The van der Waals surface area contributed by atoms with Gasteiger partial charge < -0.3 is 10.3 Å². The van der Waals surface area contributed by atoms with Gasteiger partial charge in [-0.1, -0.05) is 0 Å². The van der Waals surface area contributed by atoms with E-state index in [1.165, 1.54) is 6.07 Å². The van der Waals surface area contributed by atoms with Gasteiger partial charge in [-0.3, -0.25) is 0 Å². The van der Waals surface area contributed by atoms with Crippen molar-refractivity contribution in [1.82, 2.24) is 15.3 Å². The van der Waals surface area contributed by atoms with Gasteiger partial charge in [0, 0.05) is 5.56 Å². The summed E-state index contributed by atoms with van der Waals surface area (Å²) in [7, 11) is 1.86. The summed E-state index contributed by atoms with van der Waals surface area (Å²) in [5.41, 5.74) is 2.32. The molecule has 0 radical (unpaired) electrons. The number of hydrogen-bond donors (Lipinski definition) is 2. The lowest BCUT2D eigenvalue weighted by molar-refractivity contribution is 0.619. The van der Waals surface area contributed by atoms with Crippen LogP contribution in [0, 0.1) is 12.7 Å². The third-order valence-electron chi connectivity index (χ3n) is 2.48. The second-order valence-corrected chi connectivity index (χ2v) is 4.63. The SMILES string of the molecule is CNCc1nc(-c2ccc(F)c(C)c2)c(Br)[nH]1. The van der Waals surface area contributed by atoms with Gasteiger partial charge in [-0.25, -0.2) is 9.37 Å². The molecular formula is C12H13BrFN3. The predicted molar refractivity (Wildman–Crippen MR) is 69.2 cm³/mol. The topological polar surface area (TPSA) is 40.7 Å². The van der Waals surface area contributed by atoms with Crippen molar-refractivity contribution in [3.63, 3.8) is 0 Å². The number of nitrogens with one attached hydrogen (secondary N) is 2. The predicted octanol–water partition coefficient (Wildman–Crippen LogP) is 3.01. The van der Waals surface area contributed by atoms with E-state index in [2.05, 4.69) is 31.2 Å². The van der Waals surface area contributed by atoms with Crippen LogP contribution in [0.1, 0.15) is 11.4 Å². The molecular weight excluding hydrogens is 285 g/mol. The van der Waals surface area contributed by atoms with Gasteiger partial charge in [0.25, 0.3) is 0 Å². The molecule has 0 fully saturated rings. The van der Waals surface area contributed by atoms with Crippen LogP contribution in [0.5, 0.6) is 0 Å². The van der Waals surface area contributed by atoms with Gasteiger partial charge in [-0.05, 0) is 53.7 Å². The molecule has 0 saturated heterocycles. The molecule has 1 aromatic heterocycles. The van der Waals surface area contributed by atoms with Crippen molar-refractivity contribution in [1.29, 1.82) is 0 Å². The van der Waals surface area contributed by atoms with Gasteiger partial charge in [0.15, 0.2) is 0 Å². The van der Waals surface area contributed by atoms with Crippen LogP contribution in [-0.2, 0) is 6.54 Å². The Morgan fingerprint density at radius 2 is 2.24 bits per heavy atom. The molecule has 0 saturated carbocycles. The minimum absolute atomic E-state index is 0.198. The van der Waals surface area contributed by atoms with Crippen molar-refractivity contribution >= 4 is 15.9 Å². The van der Waals surface area contributed by atoms with Crippen LogP contribution in [-0.4, -0.2) is 17.0 Å². The maximum absolute atomic E-state index is 13.2. The van der Waals surface area contributed by atoms with Crippen LogP contribution in [0.3, 0.4) is 0 Å². The summed E-state index contributed by atoms with van der Waals surface area (Å²) >= 11 is 3.43. The molecule has 0 atom stereocenters. The summed E-state index contributed by atoms with van der Waals surface area (Å²) in [5, 5.41) is 3.02. The van der Waals surface area contributed by atoms with E-state index < -0.39 is 0 Å². The van der Waals surface area contributed by atoms with E-state index in [0.29, 0.717) is 12.1 Å². The number of aromatic nitrogens is 2. The highest BCUT2D eigenvalue weighted by Crippen LogP contribution is 2.27. The fraction of sp³-hybridized carbons (Fsp3) is 0.250. The summed E-state index contributed by atoms with van der Waals surface area (Å²) in [6, 6.07) is 4.98. The van der Waals surface area contributed by atoms with Crippen molar-refractivity contribution in [2.45, 2.75) is 13.5 Å². The molecule has 0 aliphatic carbocycles. The van der Waals surface area contributed by atoms with Crippen LogP contribution in [0.15, 0.2) is 22.8 Å². The highest BCUT2D eigenvalue weighted by molar-refractivity contribution is 9.10. The lowest BCUT2D eigenvalue weighted by Gasteiger charge is -2.00. The number of nitrogens with zero attached hydrogens (tertiary/aromatic N) is 1. The second kappa shape index (κ2) is 4.98. The molecule has 5 heteroatoms. The second-order valence-electron chi connectivity index (χ2n) is 3.84. The average molecular weight is 298 g/mol. The zero-order chi connectivity index (χ0) is 12.4. The average Bonchev–Trinajstić information content (AvgIpc) is 2.64. The lowest BCUT2D eigenvalue weighted by atomic mass is 10.1. The Bertz CT molecular complexity index is 537. The number of halogens is 2. The molecule has 0 bridgehead atoms. The molecule has 17 heavy (non-hydrogen) atoms. The maximum Gasteiger partial charge on any atom is 0.126 e. The standard InChI is InChI=1S/C12H13BrFN3/c1-7-5-8(3-4-9(7)14)11-12(13)17-10(16-11)6-15-2/h3-5,15H,6H2,1-2H3,(H,16,17). The third kappa shape index (κ3) is 2.56. The fourth-order valence-electron chi connectivity index (χ4n) is 1.63. The Kier molecular flexibility index (Phi) is 3.59. The summed E-state index contributed by atoms with van der Waals surface area (Å²) in [5.74, 6) is 0.646. The van der Waals surface area contributed by atoms with Crippen molar-refractivity contribution in [2.24, 2.45) is 0 Å². The van der Waals surface area contributed by atoms with Gasteiger partial charge in [0.05, 0.1) is 6.54 Å². The fourth-order valence-corrected chi connectivity index (χ4v) is 2.18. The molecule has 0 spiro atoms. The van der Waals surface area contributed by atoms with E-state index in [9.17, 15) is 4.39 Å². The van der Waals surface area contributed by atoms with Gasteiger partial charge in [-0.15, -0.1) is 0 Å². The first-order chi connectivity index (χ1) is 8.11. The van der Waals surface area contributed by atoms with E-state index in [-0.39, 0.29) is 5.82 Å². The molecule has 2 rings (SSSR count). The van der Waals surface area contributed by atoms with E-state index in [4.69, 9.17) is 0 Å². The lowest BCUT2D eigenvalue weighted by Crippen LogP contribution is -2.06. The van der Waals surface area contributed by atoms with E-state index in [1.807, 2.05) is 7.05 Å². The number of H-pyrrole nitrogens is 1.